The summed E-state index contributed by atoms with van der Waals surface area (Å²) in [4.78, 5) is 29.0. The van der Waals surface area contributed by atoms with E-state index in [1.165, 1.54) is 7.11 Å². The molecule has 26 heavy (non-hydrogen) atoms. The lowest BCUT2D eigenvalue weighted by atomic mass is 9.97. The largest absolute Gasteiger partial charge is 0.467 e. The van der Waals surface area contributed by atoms with Crippen molar-refractivity contribution in [2.24, 2.45) is 0 Å². The number of fused-ring (bicyclic) bond motifs is 1. The van der Waals surface area contributed by atoms with E-state index in [1.54, 1.807) is 11.8 Å². The molecular formula is C21H24N2O3. The molecule has 2 aromatic carbocycles. The monoisotopic (exact) mass is 352 g/mol. The molecule has 2 atom stereocenters. The summed E-state index contributed by atoms with van der Waals surface area (Å²) in [5.41, 5.74) is 2.70. The predicted molar refractivity (Wildman–Crippen MR) is 102 cm³/mol. The first kappa shape index (κ1) is 18.0. The third kappa shape index (κ3) is 3.17. The van der Waals surface area contributed by atoms with Crippen molar-refractivity contribution < 1.29 is 14.3 Å². The van der Waals surface area contributed by atoms with Crippen molar-refractivity contribution in [1.82, 2.24) is 0 Å². The van der Waals surface area contributed by atoms with E-state index in [0.717, 1.165) is 16.9 Å². The van der Waals surface area contributed by atoms with E-state index in [2.05, 4.69) is 0 Å². The van der Waals surface area contributed by atoms with Gasteiger partial charge in [0, 0.05) is 19.9 Å². The van der Waals surface area contributed by atoms with Gasteiger partial charge in [0.25, 0.3) is 0 Å². The van der Waals surface area contributed by atoms with Crippen molar-refractivity contribution in [2.75, 3.05) is 23.5 Å². The van der Waals surface area contributed by atoms with E-state index < -0.39 is 6.04 Å². The van der Waals surface area contributed by atoms with E-state index in [4.69, 9.17) is 4.74 Å². The lowest BCUT2D eigenvalue weighted by molar-refractivity contribution is -0.142. The number of amides is 1. The Morgan fingerprint density at radius 2 is 1.65 bits per heavy atom. The van der Waals surface area contributed by atoms with Crippen molar-refractivity contribution in [1.29, 1.82) is 0 Å². The number of methoxy groups -OCH3 is 1. The van der Waals surface area contributed by atoms with Gasteiger partial charge in [-0.1, -0.05) is 42.5 Å². The SMILES string of the molecule is CCN1c2ccccc2N(C(C)=O)C(c2ccccc2)CC1C(=O)OC. The van der Waals surface area contributed by atoms with Crippen LogP contribution in [0, 0.1) is 0 Å². The van der Waals surface area contributed by atoms with Gasteiger partial charge in [0.1, 0.15) is 6.04 Å². The maximum absolute atomic E-state index is 12.6. The number of hydrogen-bond acceptors (Lipinski definition) is 4. The quantitative estimate of drug-likeness (QED) is 0.793. The highest BCUT2D eigenvalue weighted by atomic mass is 16.5. The van der Waals surface area contributed by atoms with E-state index in [9.17, 15) is 9.59 Å². The fourth-order valence-electron chi connectivity index (χ4n) is 3.79. The van der Waals surface area contributed by atoms with Crippen LogP contribution in [0.4, 0.5) is 11.4 Å². The fourth-order valence-corrected chi connectivity index (χ4v) is 3.79. The molecular weight excluding hydrogens is 328 g/mol. The van der Waals surface area contributed by atoms with E-state index in [1.807, 2.05) is 66.4 Å². The number of ether oxygens (including phenoxy) is 1. The second kappa shape index (κ2) is 7.60. The van der Waals surface area contributed by atoms with Crippen molar-refractivity contribution >= 4 is 23.3 Å². The van der Waals surface area contributed by atoms with Crippen LogP contribution in [0.1, 0.15) is 31.9 Å². The summed E-state index contributed by atoms with van der Waals surface area (Å²) >= 11 is 0. The zero-order valence-corrected chi connectivity index (χ0v) is 15.4. The summed E-state index contributed by atoms with van der Waals surface area (Å²) in [6, 6.07) is 16.9. The van der Waals surface area contributed by atoms with Crippen LogP contribution >= 0.6 is 0 Å². The molecule has 0 fully saturated rings. The Hall–Kier alpha value is -2.82. The van der Waals surface area contributed by atoms with Crippen LogP contribution in [-0.4, -0.2) is 31.6 Å². The molecule has 0 aliphatic carbocycles. The number of nitrogens with zero attached hydrogens (tertiary/aromatic N) is 2. The van der Waals surface area contributed by atoms with Gasteiger partial charge >= 0.3 is 5.97 Å². The molecule has 2 aromatic rings. The second-order valence-corrected chi connectivity index (χ2v) is 6.36. The smallest absolute Gasteiger partial charge is 0.328 e. The minimum atomic E-state index is -0.458. The first-order valence-electron chi connectivity index (χ1n) is 8.86. The normalized spacial score (nSPS) is 19.5. The van der Waals surface area contributed by atoms with Crippen molar-refractivity contribution in [3.05, 3.63) is 60.2 Å². The maximum atomic E-state index is 12.6. The van der Waals surface area contributed by atoms with Crippen LogP contribution < -0.4 is 9.80 Å². The molecule has 0 aromatic heterocycles. The lowest BCUT2D eigenvalue weighted by Crippen LogP contribution is -2.43. The zero-order chi connectivity index (χ0) is 18.7. The van der Waals surface area contributed by atoms with Crippen LogP contribution in [0.15, 0.2) is 54.6 Å². The number of esters is 1. The van der Waals surface area contributed by atoms with E-state index in [0.29, 0.717) is 13.0 Å². The summed E-state index contributed by atoms with van der Waals surface area (Å²) in [7, 11) is 1.41. The molecule has 0 spiro atoms. The minimum Gasteiger partial charge on any atom is -0.467 e. The molecule has 3 rings (SSSR count). The third-order valence-electron chi connectivity index (χ3n) is 4.92. The molecule has 1 aliphatic heterocycles. The van der Waals surface area contributed by atoms with Gasteiger partial charge in [-0.3, -0.25) is 4.79 Å². The molecule has 5 nitrogen and oxygen atoms in total. The number of para-hydroxylation sites is 2. The molecule has 1 heterocycles. The lowest BCUT2D eigenvalue weighted by Gasteiger charge is -2.31. The Kier molecular flexibility index (Phi) is 5.26. The zero-order valence-electron chi connectivity index (χ0n) is 15.4. The van der Waals surface area contributed by atoms with Gasteiger partial charge in [0.05, 0.1) is 24.5 Å². The van der Waals surface area contributed by atoms with Gasteiger partial charge in [-0.05, 0) is 24.6 Å². The third-order valence-corrected chi connectivity index (χ3v) is 4.92. The molecule has 136 valence electrons. The Bertz CT molecular complexity index is 791. The number of rotatable bonds is 3. The number of benzene rings is 2. The molecule has 0 saturated heterocycles. The molecule has 0 bridgehead atoms. The number of hydrogen-bond donors (Lipinski definition) is 0. The fraction of sp³-hybridized carbons (Fsp3) is 0.333. The summed E-state index contributed by atoms with van der Waals surface area (Å²) < 4.78 is 5.09. The second-order valence-electron chi connectivity index (χ2n) is 6.36. The van der Waals surface area contributed by atoms with E-state index >= 15 is 0 Å². The van der Waals surface area contributed by atoms with E-state index in [-0.39, 0.29) is 17.9 Å². The first-order chi connectivity index (χ1) is 12.6. The summed E-state index contributed by atoms with van der Waals surface area (Å²) in [6.45, 7) is 4.22. The highest BCUT2D eigenvalue weighted by Crippen LogP contribution is 2.42. The van der Waals surface area contributed by atoms with Gasteiger partial charge in [-0.15, -0.1) is 0 Å². The molecule has 0 saturated carbocycles. The molecule has 2 unspecified atom stereocenters. The van der Waals surface area contributed by atoms with Gasteiger partial charge in [-0.2, -0.15) is 0 Å². The average Bonchev–Trinajstić information content (AvgIpc) is 2.82. The standard InChI is InChI=1S/C21H24N2O3/c1-4-22-17-12-8-9-13-18(17)23(15(2)24)19(14-20(22)21(25)26-3)16-10-6-5-7-11-16/h5-13,19-20H,4,14H2,1-3H3. The molecule has 0 N–H and O–H groups in total. The predicted octanol–water partition coefficient (Wildman–Crippen LogP) is 3.55. The van der Waals surface area contributed by atoms with Crippen LogP contribution in [0.3, 0.4) is 0 Å². The Balaban J connectivity index is 2.22. The van der Waals surface area contributed by atoms with Crippen LogP contribution in [0.25, 0.3) is 0 Å². The number of carbonyl (C=O) groups excluding carboxylic acids is 2. The maximum Gasteiger partial charge on any atom is 0.328 e. The average molecular weight is 352 g/mol. The number of likely N-dealkylation sites (N-methyl/N-ethyl adjacent to an activating group) is 1. The first-order valence-corrected chi connectivity index (χ1v) is 8.86. The summed E-state index contributed by atoms with van der Waals surface area (Å²) in [6.07, 6.45) is 0.471. The summed E-state index contributed by atoms with van der Waals surface area (Å²) in [5.74, 6) is -0.333. The van der Waals surface area contributed by atoms with Gasteiger partial charge in [-0.25, -0.2) is 4.79 Å². The Morgan fingerprint density at radius 1 is 1.04 bits per heavy atom. The van der Waals surface area contributed by atoms with Gasteiger partial charge in [0.15, 0.2) is 0 Å². The molecule has 5 heteroatoms. The molecule has 0 radical (unpaired) electrons. The van der Waals surface area contributed by atoms with Gasteiger partial charge in [0.2, 0.25) is 5.91 Å². The number of anilines is 2. The highest BCUT2D eigenvalue weighted by Gasteiger charge is 2.39. The minimum absolute atomic E-state index is 0.0483. The summed E-state index contributed by atoms with van der Waals surface area (Å²) in [5, 5.41) is 0. The molecule has 1 aliphatic rings. The Labute approximate surface area is 154 Å². The van der Waals surface area contributed by atoms with Crippen molar-refractivity contribution in [3.63, 3.8) is 0 Å². The van der Waals surface area contributed by atoms with Crippen LogP contribution in [-0.2, 0) is 14.3 Å². The van der Waals surface area contributed by atoms with Crippen LogP contribution in [0.5, 0.6) is 0 Å². The van der Waals surface area contributed by atoms with Gasteiger partial charge < -0.3 is 14.5 Å². The van der Waals surface area contributed by atoms with Crippen LogP contribution in [0.2, 0.25) is 0 Å². The van der Waals surface area contributed by atoms with Crippen molar-refractivity contribution in [3.8, 4) is 0 Å². The topological polar surface area (TPSA) is 49.9 Å². The Morgan fingerprint density at radius 3 is 2.23 bits per heavy atom. The highest BCUT2D eigenvalue weighted by molar-refractivity contribution is 5.98. The molecule has 1 amide bonds. The number of carbonyl (C=O) groups is 2. The van der Waals surface area contributed by atoms with Crippen molar-refractivity contribution in [2.45, 2.75) is 32.4 Å².